The Morgan fingerprint density at radius 2 is 1.85 bits per heavy atom. The smallest absolute Gasteiger partial charge is 0.221 e. The van der Waals surface area contributed by atoms with Gasteiger partial charge in [0.1, 0.15) is 5.75 Å². The molecule has 0 aliphatic rings. The summed E-state index contributed by atoms with van der Waals surface area (Å²) < 4.78 is 15.7. The minimum atomic E-state index is -0.351. The van der Waals surface area contributed by atoms with Gasteiger partial charge in [0.15, 0.2) is 6.29 Å². The Bertz CT molecular complexity index is 447. The fraction of sp³-hybridized carbons (Fsp3) is 0.500. The number of benzene rings is 1. The first-order valence-electron chi connectivity index (χ1n) is 6.29. The number of ether oxygens (including phenoxy) is 3. The van der Waals surface area contributed by atoms with Crippen molar-refractivity contribution in [3.8, 4) is 5.75 Å². The molecule has 2 N–H and O–H groups in total. The minimum absolute atomic E-state index is 0.0404. The van der Waals surface area contributed by atoms with E-state index in [1.807, 2.05) is 19.1 Å². The standard InChI is InChI=1S/C14H22N2O4/c1-9(14(19-4)20-5)15-11-6-7-12(16-10(2)17)13(8-11)18-3/h6-9,14-15H,1-5H3,(H,16,17). The molecule has 0 spiro atoms. The van der Waals surface area contributed by atoms with Gasteiger partial charge in [0, 0.05) is 32.9 Å². The summed E-state index contributed by atoms with van der Waals surface area (Å²) in [7, 11) is 4.74. The number of rotatable bonds is 7. The van der Waals surface area contributed by atoms with Gasteiger partial charge in [-0.05, 0) is 19.1 Å². The van der Waals surface area contributed by atoms with Crippen LogP contribution in [0, 0.1) is 0 Å². The summed E-state index contributed by atoms with van der Waals surface area (Å²) in [5.41, 5.74) is 1.48. The lowest BCUT2D eigenvalue weighted by molar-refractivity contribution is -0.114. The molecule has 1 aromatic rings. The van der Waals surface area contributed by atoms with Crippen LogP contribution in [0.15, 0.2) is 18.2 Å². The maximum Gasteiger partial charge on any atom is 0.221 e. The molecule has 20 heavy (non-hydrogen) atoms. The van der Waals surface area contributed by atoms with Gasteiger partial charge in [-0.25, -0.2) is 0 Å². The van der Waals surface area contributed by atoms with Crippen molar-refractivity contribution in [3.63, 3.8) is 0 Å². The SMILES string of the molecule is COc1cc(NC(C)C(OC)OC)ccc1NC(C)=O. The Morgan fingerprint density at radius 3 is 2.35 bits per heavy atom. The van der Waals surface area contributed by atoms with E-state index >= 15 is 0 Å². The third kappa shape index (κ3) is 4.40. The predicted octanol–water partition coefficient (Wildman–Crippen LogP) is 2.07. The maximum absolute atomic E-state index is 11.1. The summed E-state index contributed by atoms with van der Waals surface area (Å²) in [6.07, 6.45) is -0.351. The van der Waals surface area contributed by atoms with Crippen molar-refractivity contribution in [1.82, 2.24) is 0 Å². The average Bonchev–Trinajstić information content (AvgIpc) is 2.41. The van der Waals surface area contributed by atoms with Crippen molar-refractivity contribution in [2.24, 2.45) is 0 Å². The molecule has 0 heterocycles. The second-order valence-corrected chi connectivity index (χ2v) is 4.37. The van der Waals surface area contributed by atoms with E-state index in [9.17, 15) is 4.79 Å². The van der Waals surface area contributed by atoms with Crippen LogP contribution >= 0.6 is 0 Å². The van der Waals surface area contributed by atoms with E-state index in [2.05, 4.69) is 10.6 Å². The van der Waals surface area contributed by atoms with Gasteiger partial charge in [-0.2, -0.15) is 0 Å². The largest absolute Gasteiger partial charge is 0.494 e. The fourth-order valence-electron chi connectivity index (χ4n) is 1.91. The fourth-order valence-corrected chi connectivity index (χ4v) is 1.91. The number of hydrogen-bond donors (Lipinski definition) is 2. The third-order valence-electron chi connectivity index (χ3n) is 2.78. The Kier molecular flexibility index (Phi) is 6.27. The molecule has 0 saturated heterocycles. The molecule has 1 unspecified atom stereocenters. The van der Waals surface area contributed by atoms with Gasteiger partial charge in [-0.15, -0.1) is 0 Å². The first-order chi connectivity index (χ1) is 9.51. The first kappa shape index (κ1) is 16.3. The number of anilines is 2. The van der Waals surface area contributed by atoms with Gasteiger partial charge in [-0.1, -0.05) is 0 Å². The second kappa shape index (κ2) is 7.72. The van der Waals surface area contributed by atoms with Gasteiger partial charge in [0.25, 0.3) is 0 Å². The Hall–Kier alpha value is -1.79. The number of carbonyl (C=O) groups is 1. The molecule has 0 aliphatic carbocycles. The zero-order chi connectivity index (χ0) is 15.1. The molecule has 0 saturated carbocycles. The van der Waals surface area contributed by atoms with Crippen LogP contribution in [-0.4, -0.2) is 39.6 Å². The zero-order valence-electron chi connectivity index (χ0n) is 12.5. The number of carbonyl (C=O) groups excluding carboxylic acids is 1. The molecule has 6 nitrogen and oxygen atoms in total. The number of methoxy groups -OCH3 is 3. The van der Waals surface area contributed by atoms with Gasteiger partial charge in [0.2, 0.25) is 5.91 Å². The molecular weight excluding hydrogens is 260 g/mol. The zero-order valence-corrected chi connectivity index (χ0v) is 12.5. The van der Waals surface area contributed by atoms with Crippen LogP contribution in [-0.2, 0) is 14.3 Å². The van der Waals surface area contributed by atoms with Crippen LogP contribution < -0.4 is 15.4 Å². The Labute approximate surface area is 119 Å². The van der Waals surface area contributed by atoms with E-state index in [4.69, 9.17) is 14.2 Å². The Balaban J connectivity index is 2.84. The van der Waals surface area contributed by atoms with E-state index in [-0.39, 0.29) is 18.2 Å². The topological polar surface area (TPSA) is 68.8 Å². The molecule has 112 valence electrons. The van der Waals surface area contributed by atoms with Gasteiger partial charge >= 0.3 is 0 Å². The molecule has 1 aromatic carbocycles. The molecule has 0 fully saturated rings. The Morgan fingerprint density at radius 1 is 1.20 bits per heavy atom. The molecule has 0 bridgehead atoms. The van der Waals surface area contributed by atoms with E-state index in [0.717, 1.165) is 5.69 Å². The highest BCUT2D eigenvalue weighted by atomic mass is 16.7. The summed E-state index contributed by atoms with van der Waals surface area (Å²) >= 11 is 0. The lowest BCUT2D eigenvalue weighted by Gasteiger charge is -2.23. The molecule has 1 rings (SSSR count). The van der Waals surface area contributed by atoms with Crippen molar-refractivity contribution in [3.05, 3.63) is 18.2 Å². The monoisotopic (exact) mass is 282 g/mol. The highest BCUT2D eigenvalue weighted by molar-refractivity contribution is 5.90. The number of hydrogen-bond acceptors (Lipinski definition) is 5. The molecule has 1 amide bonds. The van der Waals surface area contributed by atoms with Crippen LogP contribution in [0.2, 0.25) is 0 Å². The van der Waals surface area contributed by atoms with Crippen LogP contribution in [0.1, 0.15) is 13.8 Å². The van der Waals surface area contributed by atoms with Crippen molar-refractivity contribution in [2.75, 3.05) is 32.0 Å². The predicted molar refractivity (Wildman–Crippen MR) is 78.2 cm³/mol. The van der Waals surface area contributed by atoms with E-state index in [1.54, 1.807) is 27.4 Å². The highest BCUT2D eigenvalue weighted by Crippen LogP contribution is 2.28. The quantitative estimate of drug-likeness (QED) is 0.749. The molecule has 6 heteroatoms. The van der Waals surface area contributed by atoms with E-state index in [1.165, 1.54) is 6.92 Å². The second-order valence-electron chi connectivity index (χ2n) is 4.37. The van der Waals surface area contributed by atoms with Gasteiger partial charge in [-0.3, -0.25) is 4.79 Å². The molecule has 0 radical (unpaired) electrons. The molecule has 0 aliphatic heterocycles. The highest BCUT2D eigenvalue weighted by Gasteiger charge is 2.16. The average molecular weight is 282 g/mol. The number of amides is 1. The van der Waals surface area contributed by atoms with Crippen molar-refractivity contribution in [1.29, 1.82) is 0 Å². The number of nitrogens with one attached hydrogen (secondary N) is 2. The summed E-state index contributed by atoms with van der Waals surface area (Å²) in [6.45, 7) is 3.40. The molecule has 1 atom stereocenters. The van der Waals surface area contributed by atoms with Crippen LogP contribution in [0.3, 0.4) is 0 Å². The first-order valence-corrected chi connectivity index (χ1v) is 6.29. The maximum atomic E-state index is 11.1. The minimum Gasteiger partial charge on any atom is -0.494 e. The normalized spacial score (nSPS) is 12.1. The third-order valence-corrected chi connectivity index (χ3v) is 2.78. The van der Waals surface area contributed by atoms with Crippen LogP contribution in [0.5, 0.6) is 5.75 Å². The van der Waals surface area contributed by atoms with Crippen molar-refractivity contribution in [2.45, 2.75) is 26.2 Å². The van der Waals surface area contributed by atoms with Crippen LogP contribution in [0.25, 0.3) is 0 Å². The van der Waals surface area contributed by atoms with E-state index < -0.39 is 0 Å². The lowest BCUT2D eigenvalue weighted by Crippen LogP contribution is -2.33. The van der Waals surface area contributed by atoms with Crippen LogP contribution in [0.4, 0.5) is 11.4 Å². The summed E-state index contributed by atoms with van der Waals surface area (Å²) in [6, 6.07) is 5.40. The summed E-state index contributed by atoms with van der Waals surface area (Å²) in [4.78, 5) is 11.1. The summed E-state index contributed by atoms with van der Waals surface area (Å²) in [5.74, 6) is 0.444. The van der Waals surface area contributed by atoms with Gasteiger partial charge < -0.3 is 24.8 Å². The van der Waals surface area contributed by atoms with E-state index in [0.29, 0.717) is 11.4 Å². The van der Waals surface area contributed by atoms with Crippen molar-refractivity contribution < 1.29 is 19.0 Å². The summed E-state index contributed by atoms with van der Waals surface area (Å²) in [5, 5.41) is 5.97. The molecular formula is C14H22N2O4. The molecule has 0 aromatic heterocycles. The lowest BCUT2D eigenvalue weighted by atomic mass is 10.2. The van der Waals surface area contributed by atoms with Gasteiger partial charge in [0.05, 0.1) is 18.8 Å². The van der Waals surface area contributed by atoms with Crippen molar-refractivity contribution >= 4 is 17.3 Å².